The van der Waals surface area contributed by atoms with Gasteiger partial charge in [-0.15, -0.1) is 0 Å². The average molecular weight is 426 g/mol. The number of carbonyl (C=O) groups is 1. The van der Waals surface area contributed by atoms with Gasteiger partial charge in [0, 0.05) is 18.2 Å². The molecular weight excluding hydrogens is 399 g/mol. The SMILES string of the molecule is O=C(N[C@H]1CN2CCC1CC2)c1ccc2c(c1)O[C@H](COCc1ccc(F)cc1)CO2. The van der Waals surface area contributed by atoms with E-state index in [1.807, 2.05) is 0 Å². The van der Waals surface area contributed by atoms with Crippen LogP contribution in [-0.4, -0.2) is 55.8 Å². The maximum Gasteiger partial charge on any atom is 0.251 e. The maximum atomic E-state index is 13.0. The van der Waals surface area contributed by atoms with Crippen molar-refractivity contribution in [2.24, 2.45) is 5.92 Å². The summed E-state index contributed by atoms with van der Waals surface area (Å²) in [5.74, 6) is 1.43. The largest absolute Gasteiger partial charge is 0.486 e. The van der Waals surface area contributed by atoms with Crippen LogP contribution in [-0.2, 0) is 11.3 Å². The maximum absolute atomic E-state index is 13.0. The van der Waals surface area contributed by atoms with E-state index in [9.17, 15) is 9.18 Å². The molecule has 1 amide bonds. The lowest BCUT2D eigenvalue weighted by Crippen LogP contribution is -2.57. The Morgan fingerprint density at radius 3 is 2.68 bits per heavy atom. The Morgan fingerprint density at radius 1 is 1.13 bits per heavy atom. The van der Waals surface area contributed by atoms with Gasteiger partial charge in [0.2, 0.25) is 0 Å². The lowest BCUT2D eigenvalue weighted by Gasteiger charge is -2.44. The summed E-state index contributed by atoms with van der Waals surface area (Å²) in [4.78, 5) is 15.3. The van der Waals surface area contributed by atoms with Gasteiger partial charge in [0.1, 0.15) is 12.4 Å². The molecule has 3 fully saturated rings. The third-order valence-electron chi connectivity index (χ3n) is 6.38. The van der Waals surface area contributed by atoms with Gasteiger partial charge in [-0.2, -0.15) is 0 Å². The molecule has 31 heavy (non-hydrogen) atoms. The molecule has 6 nitrogen and oxygen atoms in total. The minimum absolute atomic E-state index is 0.0696. The lowest BCUT2D eigenvalue weighted by molar-refractivity contribution is 0.00265. The second-order valence-corrected chi connectivity index (χ2v) is 8.57. The number of nitrogens with zero attached hydrogens (tertiary/aromatic N) is 1. The predicted octanol–water partition coefficient (Wildman–Crippen LogP) is 3.01. The van der Waals surface area contributed by atoms with Crippen molar-refractivity contribution in [2.45, 2.75) is 31.6 Å². The number of halogens is 1. The van der Waals surface area contributed by atoms with E-state index in [1.165, 1.54) is 12.1 Å². The summed E-state index contributed by atoms with van der Waals surface area (Å²) in [6.07, 6.45) is 2.05. The van der Waals surface area contributed by atoms with E-state index in [0.717, 1.165) is 38.0 Å². The minimum Gasteiger partial charge on any atom is -0.486 e. The number of rotatable bonds is 6. The highest BCUT2D eigenvalue weighted by Gasteiger charge is 2.35. The Bertz CT molecular complexity index is 928. The normalized spacial score (nSPS) is 26.5. The van der Waals surface area contributed by atoms with Crippen LogP contribution in [0.2, 0.25) is 0 Å². The molecule has 2 bridgehead atoms. The first-order valence-corrected chi connectivity index (χ1v) is 10.9. The van der Waals surface area contributed by atoms with Crippen LogP contribution >= 0.6 is 0 Å². The predicted molar refractivity (Wildman–Crippen MR) is 113 cm³/mol. The summed E-state index contributed by atoms with van der Waals surface area (Å²) in [6, 6.07) is 11.8. The Kier molecular flexibility index (Phi) is 5.78. The second kappa shape index (κ2) is 8.85. The number of hydrogen-bond acceptors (Lipinski definition) is 5. The van der Waals surface area contributed by atoms with Gasteiger partial charge >= 0.3 is 0 Å². The quantitative estimate of drug-likeness (QED) is 0.770. The summed E-state index contributed by atoms with van der Waals surface area (Å²) in [6.45, 7) is 4.31. The van der Waals surface area contributed by atoms with E-state index in [-0.39, 0.29) is 23.9 Å². The van der Waals surface area contributed by atoms with Crippen molar-refractivity contribution >= 4 is 5.91 Å². The van der Waals surface area contributed by atoms with E-state index < -0.39 is 0 Å². The van der Waals surface area contributed by atoms with Crippen molar-refractivity contribution in [3.63, 3.8) is 0 Å². The van der Waals surface area contributed by atoms with E-state index in [1.54, 1.807) is 30.3 Å². The Balaban J connectivity index is 1.16. The molecule has 2 aromatic carbocycles. The second-order valence-electron chi connectivity index (χ2n) is 8.57. The molecule has 0 aliphatic carbocycles. The number of benzene rings is 2. The molecule has 4 aliphatic heterocycles. The van der Waals surface area contributed by atoms with Gasteiger partial charge < -0.3 is 24.4 Å². The number of fused-ring (bicyclic) bond motifs is 4. The van der Waals surface area contributed by atoms with Crippen LogP contribution in [0.15, 0.2) is 42.5 Å². The summed E-state index contributed by atoms with van der Waals surface area (Å²) in [5, 5.41) is 3.21. The zero-order valence-electron chi connectivity index (χ0n) is 17.4. The summed E-state index contributed by atoms with van der Waals surface area (Å²) < 4.78 is 30.5. The number of carbonyl (C=O) groups excluding carboxylic acids is 1. The van der Waals surface area contributed by atoms with Gasteiger partial charge in [-0.05, 0) is 67.7 Å². The van der Waals surface area contributed by atoms with Gasteiger partial charge in [-0.3, -0.25) is 4.79 Å². The average Bonchev–Trinajstić information content (AvgIpc) is 2.81. The van der Waals surface area contributed by atoms with Crippen molar-refractivity contribution in [3.05, 3.63) is 59.4 Å². The van der Waals surface area contributed by atoms with Crippen molar-refractivity contribution < 1.29 is 23.4 Å². The third-order valence-corrected chi connectivity index (χ3v) is 6.38. The summed E-state index contributed by atoms with van der Waals surface area (Å²) >= 11 is 0. The van der Waals surface area contributed by atoms with Gasteiger partial charge in [-0.1, -0.05) is 12.1 Å². The van der Waals surface area contributed by atoms with Gasteiger partial charge in [0.25, 0.3) is 5.91 Å². The number of hydrogen-bond donors (Lipinski definition) is 1. The number of nitrogens with one attached hydrogen (secondary N) is 1. The molecule has 0 unspecified atom stereocenters. The molecule has 0 aromatic heterocycles. The number of amides is 1. The van der Waals surface area contributed by atoms with E-state index in [4.69, 9.17) is 14.2 Å². The first-order chi connectivity index (χ1) is 15.1. The fourth-order valence-electron chi connectivity index (χ4n) is 4.61. The molecule has 2 atom stereocenters. The van der Waals surface area contributed by atoms with E-state index in [2.05, 4.69) is 10.2 Å². The molecule has 2 aromatic rings. The first-order valence-electron chi connectivity index (χ1n) is 10.9. The van der Waals surface area contributed by atoms with Crippen LogP contribution in [0.5, 0.6) is 11.5 Å². The van der Waals surface area contributed by atoms with Crippen LogP contribution in [0.25, 0.3) is 0 Å². The number of ether oxygens (including phenoxy) is 3. The first kappa shape index (κ1) is 20.3. The minimum atomic E-state index is -0.270. The smallest absolute Gasteiger partial charge is 0.251 e. The van der Waals surface area contributed by atoms with E-state index >= 15 is 0 Å². The van der Waals surface area contributed by atoms with Crippen molar-refractivity contribution in [3.8, 4) is 11.5 Å². The molecule has 6 rings (SSSR count). The third kappa shape index (κ3) is 4.67. The van der Waals surface area contributed by atoms with Crippen LogP contribution in [0.4, 0.5) is 4.39 Å². The van der Waals surface area contributed by atoms with Gasteiger partial charge in [0.15, 0.2) is 17.6 Å². The van der Waals surface area contributed by atoms with Crippen LogP contribution in [0.1, 0.15) is 28.8 Å². The molecule has 0 saturated carbocycles. The Morgan fingerprint density at radius 2 is 1.94 bits per heavy atom. The molecule has 0 radical (unpaired) electrons. The highest BCUT2D eigenvalue weighted by molar-refractivity contribution is 5.95. The molecular formula is C24H27FN2O4. The Labute approximate surface area is 181 Å². The monoisotopic (exact) mass is 426 g/mol. The molecule has 3 saturated heterocycles. The Hall–Kier alpha value is -2.64. The molecule has 4 aliphatic rings. The van der Waals surface area contributed by atoms with Crippen LogP contribution in [0.3, 0.4) is 0 Å². The highest BCUT2D eigenvalue weighted by Crippen LogP contribution is 2.33. The van der Waals surface area contributed by atoms with Crippen molar-refractivity contribution in [1.29, 1.82) is 0 Å². The molecule has 1 N–H and O–H groups in total. The number of piperidine rings is 3. The lowest BCUT2D eigenvalue weighted by atomic mass is 9.84. The topological polar surface area (TPSA) is 60.0 Å². The van der Waals surface area contributed by atoms with Crippen LogP contribution in [0, 0.1) is 11.7 Å². The summed E-state index contributed by atoms with van der Waals surface area (Å²) in [7, 11) is 0. The van der Waals surface area contributed by atoms with E-state index in [0.29, 0.717) is 42.8 Å². The van der Waals surface area contributed by atoms with Crippen LogP contribution < -0.4 is 14.8 Å². The fraction of sp³-hybridized carbons (Fsp3) is 0.458. The fourth-order valence-corrected chi connectivity index (χ4v) is 4.61. The highest BCUT2D eigenvalue weighted by atomic mass is 19.1. The zero-order chi connectivity index (χ0) is 21.2. The van der Waals surface area contributed by atoms with Gasteiger partial charge in [-0.25, -0.2) is 4.39 Å². The van der Waals surface area contributed by atoms with Crippen molar-refractivity contribution in [1.82, 2.24) is 10.2 Å². The summed E-state index contributed by atoms with van der Waals surface area (Å²) in [5.41, 5.74) is 1.47. The zero-order valence-corrected chi connectivity index (χ0v) is 17.4. The van der Waals surface area contributed by atoms with Crippen molar-refractivity contribution in [2.75, 3.05) is 32.8 Å². The molecule has 164 valence electrons. The molecule has 4 heterocycles. The molecule has 7 heteroatoms. The molecule has 0 spiro atoms. The standard InChI is InChI=1S/C24H27FN2O4/c25-19-4-1-16(2-5-19)13-29-14-20-15-30-22-6-3-18(11-23(22)31-20)24(28)26-21-12-27-9-7-17(21)8-10-27/h1-6,11,17,20-21H,7-10,12-15H2,(H,26,28)/t20-,21+/m1/s1. The van der Waals surface area contributed by atoms with Gasteiger partial charge in [0.05, 0.1) is 13.2 Å².